The summed E-state index contributed by atoms with van der Waals surface area (Å²) in [5.74, 6) is 6.15. The van der Waals surface area contributed by atoms with Crippen molar-refractivity contribution in [3.8, 4) is 0 Å². The second kappa shape index (κ2) is 5.69. The van der Waals surface area contributed by atoms with E-state index in [1.54, 1.807) is 6.20 Å². The highest BCUT2D eigenvalue weighted by molar-refractivity contribution is 6.09. The average Bonchev–Trinajstić information content (AvgIpc) is 2.53. The van der Waals surface area contributed by atoms with E-state index in [4.69, 9.17) is 5.84 Å². The molecule has 0 bridgehead atoms. The minimum Gasteiger partial charge on any atom is -0.336 e. The predicted molar refractivity (Wildman–Crippen MR) is 83.9 cm³/mol. The quantitative estimate of drug-likeness (QED) is 0.656. The molecule has 5 nitrogen and oxygen atoms in total. The number of carbonyl (C=O) groups excluding carboxylic acids is 1. The van der Waals surface area contributed by atoms with Crippen molar-refractivity contribution in [2.45, 2.75) is 32.2 Å². The summed E-state index contributed by atoms with van der Waals surface area (Å²) in [6.07, 6.45) is 4.96. The smallest absolute Gasteiger partial charge is 0.256 e. The number of piperidine rings is 1. The molecule has 1 atom stereocenters. The standard InChI is InChI=1S/C16H20N4O/c1-11-6-4-5-9-20(11)16(21)14-10-18-15(19-17)13-8-3-2-7-12(13)14/h2-3,7-8,10-11H,4-6,9,17H2,1H3,(H,18,19). The molecule has 1 aliphatic heterocycles. The maximum atomic E-state index is 12.9. The number of pyridine rings is 1. The molecule has 5 heteroatoms. The number of hydrogen-bond donors (Lipinski definition) is 2. The van der Waals surface area contributed by atoms with E-state index in [2.05, 4.69) is 17.3 Å². The van der Waals surface area contributed by atoms with Crippen molar-refractivity contribution in [3.05, 3.63) is 36.0 Å². The van der Waals surface area contributed by atoms with Gasteiger partial charge in [-0.2, -0.15) is 0 Å². The van der Waals surface area contributed by atoms with Crippen molar-refractivity contribution >= 4 is 22.5 Å². The third-order valence-electron chi connectivity index (χ3n) is 4.23. The number of fused-ring (bicyclic) bond motifs is 1. The first-order valence-corrected chi connectivity index (χ1v) is 7.37. The van der Waals surface area contributed by atoms with Gasteiger partial charge in [0.2, 0.25) is 0 Å². The number of likely N-dealkylation sites (tertiary alicyclic amines) is 1. The number of anilines is 1. The Morgan fingerprint density at radius 3 is 2.81 bits per heavy atom. The van der Waals surface area contributed by atoms with Crippen LogP contribution >= 0.6 is 0 Å². The molecule has 0 saturated carbocycles. The number of carbonyl (C=O) groups is 1. The molecule has 21 heavy (non-hydrogen) atoms. The highest BCUT2D eigenvalue weighted by Gasteiger charge is 2.25. The number of aromatic nitrogens is 1. The van der Waals surface area contributed by atoms with Gasteiger partial charge in [-0.05, 0) is 31.6 Å². The van der Waals surface area contributed by atoms with Crippen LogP contribution in [0.1, 0.15) is 36.5 Å². The van der Waals surface area contributed by atoms with Crippen molar-refractivity contribution in [2.75, 3.05) is 12.0 Å². The molecule has 2 heterocycles. The first-order valence-electron chi connectivity index (χ1n) is 7.37. The Labute approximate surface area is 124 Å². The van der Waals surface area contributed by atoms with Crippen LogP contribution in [-0.2, 0) is 0 Å². The Kier molecular flexibility index (Phi) is 3.75. The largest absolute Gasteiger partial charge is 0.336 e. The molecule has 1 unspecified atom stereocenters. The third-order valence-corrected chi connectivity index (χ3v) is 4.23. The first kappa shape index (κ1) is 13.8. The van der Waals surface area contributed by atoms with Gasteiger partial charge >= 0.3 is 0 Å². The van der Waals surface area contributed by atoms with Gasteiger partial charge in [0.25, 0.3) is 5.91 Å². The van der Waals surface area contributed by atoms with Crippen LogP contribution < -0.4 is 11.3 Å². The van der Waals surface area contributed by atoms with Crippen LogP contribution in [0, 0.1) is 0 Å². The fraction of sp³-hybridized carbons (Fsp3) is 0.375. The molecule has 0 radical (unpaired) electrons. The lowest BCUT2D eigenvalue weighted by Crippen LogP contribution is -2.42. The van der Waals surface area contributed by atoms with Gasteiger partial charge in [0.15, 0.2) is 0 Å². The zero-order valence-corrected chi connectivity index (χ0v) is 12.2. The number of hydrogen-bond acceptors (Lipinski definition) is 4. The molecule has 1 aliphatic rings. The van der Waals surface area contributed by atoms with Gasteiger partial charge in [-0.15, -0.1) is 0 Å². The summed E-state index contributed by atoms with van der Waals surface area (Å²) in [7, 11) is 0. The van der Waals surface area contributed by atoms with Gasteiger partial charge in [0, 0.05) is 24.2 Å². The summed E-state index contributed by atoms with van der Waals surface area (Å²) in [6.45, 7) is 2.94. The number of nitrogen functional groups attached to an aromatic ring is 1. The van der Waals surface area contributed by atoms with E-state index < -0.39 is 0 Å². The first-order chi connectivity index (χ1) is 10.2. The van der Waals surface area contributed by atoms with Gasteiger partial charge in [0.05, 0.1) is 5.56 Å². The van der Waals surface area contributed by atoms with E-state index in [-0.39, 0.29) is 11.9 Å². The number of nitrogens with zero attached hydrogens (tertiary/aromatic N) is 2. The molecule has 1 aromatic heterocycles. The highest BCUT2D eigenvalue weighted by Crippen LogP contribution is 2.27. The molecule has 1 fully saturated rings. The van der Waals surface area contributed by atoms with E-state index in [9.17, 15) is 4.79 Å². The zero-order valence-electron chi connectivity index (χ0n) is 12.2. The third kappa shape index (κ3) is 2.45. The van der Waals surface area contributed by atoms with Gasteiger partial charge in [0.1, 0.15) is 5.82 Å². The predicted octanol–water partition coefficient (Wildman–Crippen LogP) is 2.54. The zero-order chi connectivity index (χ0) is 14.8. The Balaban J connectivity index is 2.06. The van der Waals surface area contributed by atoms with Crippen molar-refractivity contribution in [3.63, 3.8) is 0 Å². The molecule has 1 amide bonds. The number of nitrogens with two attached hydrogens (primary N) is 1. The number of benzene rings is 1. The van der Waals surface area contributed by atoms with Crippen molar-refractivity contribution in [2.24, 2.45) is 5.84 Å². The van der Waals surface area contributed by atoms with Gasteiger partial charge in [-0.25, -0.2) is 10.8 Å². The second-order valence-corrected chi connectivity index (χ2v) is 5.55. The Bertz CT molecular complexity index is 670. The maximum Gasteiger partial charge on any atom is 0.256 e. The Hall–Kier alpha value is -2.14. The van der Waals surface area contributed by atoms with Crippen LogP contribution in [0.5, 0.6) is 0 Å². The molecule has 110 valence electrons. The molecule has 2 aromatic rings. The van der Waals surface area contributed by atoms with Crippen molar-refractivity contribution in [1.29, 1.82) is 0 Å². The van der Waals surface area contributed by atoms with Gasteiger partial charge < -0.3 is 10.3 Å². The minimum absolute atomic E-state index is 0.0643. The fourth-order valence-corrected chi connectivity index (χ4v) is 3.03. The summed E-state index contributed by atoms with van der Waals surface area (Å²) in [6, 6.07) is 8.01. The Morgan fingerprint density at radius 1 is 1.33 bits per heavy atom. The van der Waals surface area contributed by atoms with E-state index in [0.717, 1.165) is 30.2 Å². The Morgan fingerprint density at radius 2 is 2.10 bits per heavy atom. The molecule has 0 spiro atoms. The van der Waals surface area contributed by atoms with Crippen LogP contribution in [0.3, 0.4) is 0 Å². The van der Waals surface area contributed by atoms with Gasteiger partial charge in [-0.1, -0.05) is 24.3 Å². The van der Waals surface area contributed by atoms with E-state index >= 15 is 0 Å². The second-order valence-electron chi connectivity index (χ2n) is 5.55. The molecule has 1 aromatic carbocycles. The van der Waals surface area contributed by atoms with E-state index in [1.165, 1.54) is 6.42 Å². The van der Waals surface area contributed by atoms with Crippen LogP contribution in [0.25, 0.3) is 10.8 Å². The monoisotopic (exact) mass is 284 g/mol. The van der Waals surface area contributed by atoms with Crippen LogP contribution in [0.15, 0.2) is 30.5 Å². The van der Waals surface area contributed by atoms with Gasteiger partial charge in [-0.3, -0.25) is 4.79 Å². The highest BCUT2D eigenvalue weighted by atomic mass is 16.2. The molecule has 0 aliphatic carbocycles. The minimum atomic E-state index is 0.0643. The van der Waals surface area contributed by atoms with Crippen LogP contribution in [-0.4, -0.2) is 28.4 Å². The van der Waals surface area contributed by atoms with Crippen LogP contribution in [0.2, 0.25) is 0 Å². The molecule has 3 N–H and O–H groups in total. The SMILES string of the molecule is CC1CCCCN1C(=O)c1cnc(NN)c2ccccc12. The normalized spacial score (nSPS) is 18.8. The number of hydrazine groups is 1. The lowest BCUT2D eigenvalue weighted by atomic mass is 10.0. The number of nitrogens with one attached hydrogen (secondary N) is 1. The lowest BCUT2D eigenvalue weighted by molar-refractivity contribution is 0.0637. The lowest BCUT2D eigenvalue weighted by Gasteiger charge is -2.33. The molecule has 3 rings (SSSR count). The van der Waals surface area contributed by atoms with Crippen LogP contribution in [0.4, 0.5) is 5.82 Å². The summed E-state index contributed by atoms with van der Waals surface area (Å²) in [5.41, 5.74) is 3.24. The number of rotatable bonds is 2. The molecule has 1 saturated heterocycles. The topological polar surface area (TPSA) is 71.2 Å². The maximum absolute atomic E-state index is 12.9. The van der Waals surface area contributed by atoms with Crippen molar-refractivity contribution < 1.29 is 4.79 Å². The molecular weight excluding hydrogens is 264 g/mol. The van der Waals surface area contributed by atoms with Crippen molar-refractivity contribution in [1.82, 2.24) is 9.88 Å². The summed E-state index contributed by atoms with van der Waals surface area (Å²) in [5, 5.41) is 1.76. The average molecular weight is 284 g/mol. The number of amides is 1. The van der Waals surface area contributed by atoms with E-state index in [0.29, 0.717) is 11.4 Å². The summed E-state index contributed by atoms with van der Waals surface area (Å²) in [4.78, 5) is 19.1. The summed E-state index contributed by atoms with van der Waals surface area (Å²) >= 11 is 0. The summed E-state index contributed by atoms with van der Waals surface area (Å²) < 4.78 is 0. The molecular formula is C16H20N4O. The van der Waals surface area contributed by atoms with E-state index in [1.807, 2.05) is 29.2 Å². The fourth-order valence-electron chi connectivity index (χ4n) is 3.03.